The molecule has 2 unspecified atom stereocenters. The Kier molecular flexibility index (Phi) is 6.47. The van der Waals surface area contributed by atoms with Gasteiger partial charge in [-0.1, -0.05) is 6.42 Å². The Balaban J connectivity index is 1.65. The van der Waals surface area contributed by atoms with Gasteiger partial charge in [0.1, 0.15) is 0 Å². The van der Waals surface area contributed by atoms with Gasteiger partial charge >= 0.3 is 0 Å². The topological polar surface area (TPSA) is 82.8 Å². The molecule has 1 aromatic carbocycles. The van der Waals surface area contributed by atoms with Crippen LogP contribution in [0.15, 0.2) is 12.1 Å². The second-order valence-corrected chi connectivity index (χ2v) is 7.68. The molecule has 27 heavy (non-hydrogen) atoms. The summed E-state index contributed by atoms with van der Waals surface area (Å²) in [7, 11) is 3.20. The van der Waals surface area contributed by atoms with Crippen LogP contribution >= 0.6 is 0 Å². The molecule has 1 amide bonds. The quantitative estimate of drug-likeness (QED) is 0.765. The summed E-state index contributed by atoms with van der Waals surface area (Å²) < 4.78 is 16.5. The van der Waals surface area contributed by atoms with Crippen LogP contribution in [0.2, 0.25) is 0 Å². The maximum absolute atomic E-state index is 12.7. The highest BCUT2D eigenvalue weighted by Gasteiger charge is 2.40. The van der Waals surface area contributed by atoms with Gasteiger partial charge in [-0.3, -0.25) is 4.79 Å². The molecule has 3 N–H and O–H groups in total. The van der Waals surface area contributed by atoms with E-state index < -0.39 is 0 Å². The molecule has 2 aliphatic rings. The molecule has 0 spiro atoms. The molecule has 2 bridgehead atoms. The molecule has 150 valence electrons. The molecule has 2 aliphatic carbocycles. The fourth-order valence-electron chi connectivity index (χ4n) is 4.66. The van der Waals surface area contributed by atoms with Crippen LogP contribution in [0.3, 0.4) is 0 Å². The number of rotatable bonds is 7. The molecule has 6 heteroatoms. The van der Waals surface area contributed by atoms with Crippen molar-refractivity contribution >= 4 is 5.91 Å². The van der Waals surface area contributed by atoms with Crippen LogP contribution in [0.1, 0.15) is 44.6 Å². The first-order valence-corrected chi connectivity index (χ1v) is 9.98. The predicted molar refractivity (Wildman–Crippen MR) is 104 cm³/mol. The molecule has 3 rings (SSSR count). The predicted octanol–water partition coefficient (Wildman–Crippen LogP) is 2.87. The fraction of sp³-hybridized carbons (Fsp3) is 0.667. The van der Waals surface area contributed by atoms with Crippen LogP contribution in [0.25, 0.3) is 0 Å². The third kappa shape index (κ3) is 4.32. The third-order valence-electron chi connectivity index (χ3n) is 6.06. The largest absolute Gasteiger partial charge is 0.493 e. The van der Waals surface area contributed by atoms with Gasteiger partial charge in [0.25, 0.3) is 0 Å². The van der Waals surface area contributed by atoms with E-state index >= 15 is 0 Å². The summed E-state index contributed by atoms with van der Waals surface area (Å²) in [5, 5.41) is 3.10. The normalized spacial score (nSPS) is 27.0. The SMILES string of the molecule is CCOc1c(OC)cc(CNC(=O)C2CC3CCCC(C2)C3N)cc1OC. The van der Waals surface area contributed by atoms with Gasteiger partial charge in [-0.2, -0.15) is 0 Å². The lowest BCUT2D eigenvalue weighted by molar-refractivity contribution is -0.128. The first kappa shape index (κ1) is 19.8. The Morgan fingerprint density at radius 3 is 2.26 bits per heavy atom. The van der Waals surface area contributed by atoms with Crippen molar-refractivity contribution in [2.75, 3.05) is 20.8 Å². The summed E-state index contributed by atoms with van der Waals surface area (Å²) in [6.07, 6.45) is 5.41. The number of hydrogen-bond donors (Lipinski definition) is 2. The highest BCUT2D eigenvalue weighted by Crippen LogP contribution is 2.42. The number of fused-ring (bicyclic) bond motifs is 2. The lowest BCUT2D eigenvalue weighted by Crippen LogP contribution is -2.49. The molecule has 0 aliphatic heterocycles. The van der Waals surface area contributed by atoms with E-state index in [1.54, 1.807) is 14.2 Å². The van der Waals surface area contributed by atoms with Crippen LogP contribution in [0.5, 0.6) is 17.2 Å². The van der Waals surface area contributed by atoms with Crippen LogP contribution < -0.4 is 25.3 Å². The van der Waals surface area contributed by atoms with E-state index in [-0.39, 0.29) is 17.9 Å². The Labute approximate surface area is 161 Å². The molecule has 2 saturated carbocycles. The third-order valence-corrected chi connectivity index (χ3v) is 6.06. The fourth-order valence-corrected chi connectivity index (χ4v) is 4.66. The summed E-state index contributed by atoms with van der Waals surface area (Å²) in [6, 6.07) is 4.06. The van der Waals surface area contributed by atoms with Gasteiger partial charge in [0.2, 0.25) is 11.7 Å². The number of carbonyl (C=O) groups excluding carboxylic acids is 1. The van der Waals surface area contributed by atoms with Crippen molar-refractivity contribution in [1.29, 1.82) is 0 Å². The van der Waals surface area contributed by atoms with E-state index in [9.17, 15) is 4.79 Å². The van der Waals surface area contributed by atoms with Gasteiger partial charge in [-0.15, -0.1) is 0 Å². The smallest absolute Gasteiger partial charge is 0.223 e. The number of amides is 1. The summed E-state index contributed by atoms with van der Waals surface area (Å²) in [5.74, 6) is 3.01. The first-order chi connectivity index (χ1) is 13.1. The summed E-state index contributed by atoms with van der Waals surface area (Å²) in [5.41, 5.74) is 7.27. The maximum atomic E-state index is 12.7. The van der Waals surface area contributed by atoms with Gasteiger partial charge in [0, 0.05) is 18.5 Å². The minimum atomic E-state index is 0.0755. The van der Waals surface area contributed by atoms with Gasteiger partial charge in [-0.25, -0.2) is 0 Å². The monoisotopic (exact) mass is 376 g/mol. The zero-order valence-corrected chi connectivity index (χ0v) is 16.6. The van der Waals surface area contributed by atoms with Gasteiger partial charge < -0.3 is 25.3 Å². The number of carbonyl (C=O) groups is 1. The van der Waals surface area contributed by atoms with Crippen LogP contribution in [-0.2, 0) is 11.3 Å². The van der Waals surface area contributed by atoms with Crippen molar-refractivity contribution < 1.29 is 19.0 Å². The molecule has 2 atom stereocenters. The van der Waals surface area contributed by atoms with Crippen molar-refractivity contribution in [2.24, 2.45) is 23.5 Å². The highest BCUT2D eigenvalue weighted by atomic mass is 16.5. The second kappa shape index (κ2) is 8.83. The lowest BCUT2D eigenvalue weighted by Gasteiger charge is -2.43. The molecule has 0 aromatic heterocycles. The number of hydrogen-bond acceptors (Lipinski definition) is 5. The summed E-state index contributed by atoms with van der Waals surface area (Å²) >= 11 is 0. The first-order valence-electron chi connectivity index (χ1n) is 9.98. The molecule has 0 radical (unpaired) electrons. The maximum Gasteiger partial charge on any atom is 0.223 e. The minimum Gasteiger partial charge on any atom is -0.493 e. The average molecular weight is 376 g/mol. The van der Waals surface area contributed by atoms with E-state index in [1.807, 2.05) is 19.1 Å². The Morgan fingerprint density at radius 2 is 1.74 bits per heavy atom. The van der Waals surface area contributed by atoms with Gasteiger partial charge in [0.15, 0.2) is 11.5 Å². The van der Waals surface area contributed by atoms with E-state index in [0.29, 0.717) is 42.2 Å². The van der Waals surface area contributed by atoms with Crippen molar-refractivity contribution in [1.82, 2.24) is 5.32 Å². The number of ether oxygens (including phenoxy) is 3. The Hall–Kier alpha value is -1.95. The number of nitrogens with two attached hydrogens (primary N) is 1. The van der Waals surface area contributed by atoms with E-state index in [0.717, 1.165) is 31.2 Å². The van der Waals surface area contributed by atoms with Crippen LogP contribution in [-0.4, -0.2) is 32.8 Å². The van der Waals surface area contributed by atoms with Crippen molar-refractivity contribution in [2.45, 2.75) is 51.6 Å². The zero-order valence-electron chi connectivity index (χ0n) is 16.6. The van der Waals surface area contributed by atoms with Crippen molar-refractivity contribution in [3.05, 3.63) is 17.7 Å². The molecular weight excluding hydrogens is 344 g/mol. The van der Waals surface area contributed by atoms with Crippen molar-refractivity contribution in [3.63, 3.8) is 0 Å². The van der Waals surface area contributed by atoms with E-state index in [2.05, 4.69) is 5.32 Å². The zero-order chi connectivity index (χ0) is 19.4. The number of benzene rings is 1. The van der Waals surface area contributed by atoms with Gasteiger partial charge in [-0.05, 0) is 62.1 Å². The summed E-state index contributed by atoms with van der Waals surface area (Å²) in [4.78, 5) is 12.7. The molecule has 0 heterocycles. The second-order valence-electron chi connectivity index (χ2n) is 7.68. The molecule has 6 nitrogen and oxygen atoms in total. The minimum absolute atomic E-state index is 0.0755. The highest BCUT2D eigenvalue weighted by molar-refractivity contribution is 5.78. The van der Waals surface area contributed by atoms with Crippen LogP contribution in [0.4, 0.5) is 0 Å². The molecule has 1 aromatic rings. The number of methoxy groups -OCH3 is 2. The van der Waals surface area contributed by atoms with E-state index in [4.69, 9.17) is 19.9 Å². The van der Waals surface area contributed by atoms with E-state index in [1.165, 1.54) is 6.42 Å². The summed E-state index contributed by atoms with van der Waals surface area (Å²) in [6.45, 7) is 2.88. The Bertz CT molecular complexity index is 625. The van der Waals surface area contributed by atoms with Gasteiger partial charge in [0.05, 0.1) is 20.8 Å². The lowest BCUT2D eigenvalue weighted by atomic mass is 9.65. The average Bonchev–Trinajstić information content (AvgIpc) is 2.66. The standard InChI is InChI=1S/C21H32N2O4/c1-4-27-20-17(25-2)8-13(9-18(20)26-3)12-23-21(24)16-10-14-6-5-7-15(11-16)19(14)22/h8-9,14-16,19H,4-7,10-12,22H2,1-3H3,(H,23,24). The van der Waals surface area contributed by atoms with Crippen molar-refractivity contribution in [3.8, 4) is 17.2 Å². The molecule has 2 fully saturated rings. The Morgan fingerprint density at radius 1 is 1.15 bits per heavy atom. The molecular formula is C21H32N2O4. The van der Waals surface area contributed by atoms with Crippen LogP contribution in [0, 0.1) is 17.8 Å². The molecule has 0 saturated heterocycles. The number of nitrogens with one attached hydrogen (secondary N) is 1.